The molecule has 0 aliphatic carbocycles. The lowest BCUT2D eigenvalue weighted by Crippen LogP contribution is -2.17. The molecule has 2 heterocycles. The molecule has 1 fully saturated rings. The van der Waals surface area contributed by atoms with Crippen LogP contribution in [0.15, 0.2) is 35.2 Å². The van der Waals surface area contributed by atoms with Crippen molar-refractivity contribution < 1.29 is 9.90 Å². The van der Waals surface area contributed by atoms with Crippen LogP contribution in [-0.2, 0) is 4.79 Å². The van der Waals surface area contributed by atoms with Crippen LogP contribution < -0.4 is 5.32 Å². The first-order valence-electron chi connectivity index (χ1n) is 6.69. The number of benzene rings is 1. The highest BCUT2D eigenvalue weighted by Crippen LogP contribution is 2.31. The SMILES string of the molecule is Cc1cc(/C=C2/SC(=S)NC2=O)c(C)n1-c1ccccc1O. The number of hydrogen-bond donors (Lipinski definition) is 2. The molecular weight excluding hydrogens is 316 g/mol. The highest BCUT2D eigenvalue weighted by Gasteiger charge is 2.23. The van der Waals surface area contributed by atoms with Crippen LogP contribution in [0.1, 0.15) is 17.0 Å². The van der Waals surface area contributed by atoms with Gasteiger partial charge in [0.2, 0.25) is 0 Å². The van der Waals surface area contributed by atoms with Crippen molar-refractivity contribution in [1.29, 1.82) is 0 Å². The van der Waals surface area contributed by atoms with Gasteiger partial charge < -0.3 is 15.0 Å². The minimum Gasteiger partial charge on any atom is -0.506 e. The summed E-state index contributed by atoms with van der Waals surface area (Å²) in [5, 5.41) is 12.7. The molecule has 1 aromatic carbocycles. The smallest absolute Gasteiger partial charge is 0.263 e. The van der Waals surface area contributed by atoms with Gasteiger partial charge in [-0.1, -0.05) is 36.1 Å². The van der Waals surface area contributed by atoms with E-state index in [4.69, 9.17) is 12.2 Å². The predicted molar refractivity (Wildman–Crippen MR) is 93.2 cm³/mol. The molecule has 1 amide bonds. The molecule has 112 valence electrons. The third kappa shape index (κ3) is 2.55. The molecule has 4 nitrogen and oxygen atoms in total. The Morgan fingerprint density at radius 3 is 2.68 bits per heavy atom. The molecule has 1 aliphatic rings. The molecule has 6 heteroatoms. The predicted octanol–water partition coefficient (Wildman–Crippen LogP) is 3.29. The lowest BCUT2D eigenvalue weighted by atomic mass is 10.2. The molecule has 0 unspecified atom stereocenters. The van der Waals surface area contributed by atoms with Crippen molar-refractivity contribution in [3.63, 3.8) is 0 Å². The van der Waals surface area contributed by atoms with Crippen LogP contribution in [-0.4, -0.2) is 19.9 Å². The molecular formula is C16H14N2O2S2. The Labute approximate surface area is 137 Å². The van der Waals surface area contributed by atoms with Gasteiger partial charge in [-0.3, -0.25) is 4.79 Å². The van der Waals surface area contributed by atoms with Crippen molar-refractivity contribution >= 4 is 40.3 Å². The van der Waals surface area contributed by atoms with E-state index in [0.29, 0.717) is 9.23 Å². The number of carbonyl (C=O) groups is 1. The van der Waals surface area contributed by atoms with Crippen LogP contribution in [0.25, 0.3) is 11.8 Å². The maximum atomic E-state index is 11.8. The van der Waals surface area contributed by atoms with Gasteiger partial charge in [-0.15, -0.1) is 0 Å². The fraction of sp³-hybridized carbons (Fsp3) is 0.125. The molecule has 1 saturated heterocycles. The zero-order valence-corrected chi connectivity index (χ0v) is 13.7. The van der Waals surface area contributed by atoms with E-state index in [0.717, 1.165) is 22.6 Å². The molecule has 1 aromatic heterocycles. The van der Waals surface area contributed by atoms with Crippen molar-refractivity contribution in [2.75, 3.05) is 0 Å². The lowest BCUT2D eigenvalue weighted by molar-refractivity contribution is -0.115. The van der Waals surface area contributed by atoms with Crippen LogP contribution in [0, 0.1) is 13.8 Å². The van der Waals surface area contributed by atoms with Crippen LogP contribution in [0.5, 0.6) is 5.75 Å². The van der Waals surface area contributed by atoms with E-state index in [-0.39, 0.29) is 11.7 Å². The Balaban J connectivity index is 2.09. The second-order valence-corrected chi connectivity index (χ2v) is 6.72. The summed E-state index contributed by atoms with van der Waals surface area (Å²) in [5.41, 5.74) is 3.60. The second kappa shape index (κ2) is 5.62. The summed E-state index contributed by atoms with van der Waals surface area (Å²) in [6.45, 7) is 3.93. The lowest BCUT2D eigenvalue weighted by Gasteiger charge is -2.11. The zero-order chi connectivity index (χ0) is 15.9. The van der Waals surface area contributed by atoms with Crippen molar-refractivity contribution in [2.45, 2.75) is 13.8 Å². The maximum absolute atomic E-state index is 11.8. The minimum absolute atomic E-state index is 0.164. The number of nitrogens with one attached hydrogen (secondary N) is 1. The Bertz CT molecular complexity index is 822. The summed E-state index contributed by atoms with van der Waals surface area (Å²) in [6, 6.07) is 9.18. The highest BCUT2D eigenvalue weighted by molar-refractivity contribution is 8.26. The van der Waals surface area contributed by atoms with Gasteiger partial charge >= 0.3 is 0 Å². The molecule has 0 saturated carbocycles. The molecule has 3 rings (SSSR count). The number of phenols is 1. The minimum atomic E-state index is -0.164. The van der Waals surface area contributed by atoms with Crippen LogP contribution in [0.2, 0.25) is 0 Å². The number of para-hydroxylation sites is 2. The maximum Gasteiger partial charge on any atom is 0.263 e. The van der Waals surface area contributed by atoms with Gasteiger partial charge in [-0.05, 0) is 43.7 Å². The van der Waals surface area contributed by atoms with E-state index in [1.165, 1.54) is 11.8 Å². The molecule has 0 radical (unpaired) electrons. The Hall–Kier alpha value is -2.05. The number of thiocarbonyl (C=S) groups is 1. The number of nitrogens with zero attached hydrogens (tertiary/aromatic N) is 1. The van der Waals surface area contributed by atoms with Crippen molar-refractivity contribution in [1.82, 2.24) is 9.88 Å². The van der Waals surface area contributed by atoms with Gasteiger partial charge in [0, 0.05) is 11.4 Å². The Kier molecular flexibility index (Phi) is 3.80. The third-order valence-corrected chi connectivity index (χ3v) is 4.68. The molecule has 2 aromatic rings. The van der Waals surface area contributed by atoms with Gasteiger partial charge in [0.15, 0.2) is 0 Å². The van der Waals surface area contributed by atoms with Gasteiger partial charge in [0.25, 0.3) is 5.91 Å². The van der Waals surface area contributed by atoms with E-state index in [9.17, 15) is 9.90 Å². The Morgan fingerprint density at radius 1 is 1.32 bits per heavy atom. The van der Waals surface area contributed by atoms with Crippen LogP contribution in [0.3, 0.4) is 0 Å². The molecule has 0 spiro atoms. The van der Waals surface area contributed by atoms with Crippen LogP contribution >= 0.6 is 24.0 Å². The van der Waals surface area contributed by atoms with E-state index in [1.54, 1.807) is 12.1 Å². The number of carbonyl (C=O) groups excluding carboxylic acids is 1. The van der Waals surface area contributed by atoms with Crippen molar-refractivity contribution in [3.8, 4) is 11.4 Å². The normalized spacial score (nSPS) is 16.4. The molecule has 0 bridgehead atoms. The number of hydrogen-bond acceptors (Lipinski definition) is 4. The molecule has 1 aliphatic heterocycles. The summed E-state index contributed by atoms with van der Waals surface area (Å²) in [4.78, 5) is 12.4. The second-order valence-electron chi connectivity index (χ2n) is 5.00. The van der Waals surface area contributed by atoms with E-state index in [1.807, 2.05) is 42.7 Å². The summed E-state index contributed by atoms with van der Waals surface area (Å²) in [5.74, 6) is 0.0556. The number of aromatic hydroxyl groups is 1. The largest absolute Gasteiger partial charge is 0.506 e. The fourth-order valence-corrected chi connectivity index (χ4v) is 3.56. The number of rotatable bonds is 2. The van der Waals surface area contributed by atoms with Gasteiger partial charge in [0.1, 0.15) is 10.1 Å². The van der Waals surface area contributed by atoms with Crippen LogP contribution in [0.4, 0.5) is 0 Å². The average molecular weight is 330 g/mol. The number of amides is 1. The number of aromatic nitrogens is 1. The topological polar surface area (TPSA) is 54.3 Å². The standard InChI is InChI=1S/C16H14N2O2S2/c1-9-7-11(8-14-15(20)17-16(21)22-14)10(2)18(9)12-5-3-4-6-13(12)19/h3-8,19H,1-2H3,(H,17,20,21)/b14-8+. The summed E-state index contributed by atoms with van der Waals surface area (Å²) in [6.07, 6.45) is 1.83. The van der Waals surface area contributed by atoms with Crippen molar-refractivity contribution in [3.05, 3.63) is 52.2 Å². The first-order chi connectivity index (χ1) is 10.5. The third-order valence-electron chi connectivity index (χ3n) is 3.52. The van der Waals surface area contributed by atoms with Gasteiger partial charge in [0.05, 0.1) is 10.6 Å². The number of phenolic OH excluding ortho intramolecular Hbond substituents is 1. The van der Waals surface area contributed by atoms with E-state index >= 15 is 0 Å². The van der Waals surface area contributed by atoms with Crippen molar-refractivity contribution in [2.24, 2.45) is 0 Å². The van der Waals surface area contributed by atoms with Gasteiger partial charge in [-0.2, -0.15) is 0 Å². The molecule has 2 N–H and O–H groups in total. The zero-order valence-electron chi connectivity index (χ0n) is 12.1. The molecule has 22 heavy (non-hydrogen) atoms. The summed E-state index contributed by atoms with van der Waals surface area (Å²) >= 11 is 6.26. The van der Waals surface area contributed by atoms with E-state index in [2.05, 4.69) is 5.32 Å². The van der Waals surface area contributed by atoms with E-state index < -0.39 is 0 Å². The fourth-order valence-electron chi connectivity index (χ4n) is 2.52. The first kappa shape index (κ1) is 14.9. The molecule has 0 atom stereocenters. The van der Waals surface area contributed by atoms with Gasteiger partial charge in [-0.25, -0.2) is 0 Å². The first-order valence-corrected chi connectivity index (χ1v) is 7.92. The summed E-state index contributed by atoms with van der Waals surface area (Å²) in [7, 11) is 0. The number of aryl methyl sites for hydroxylation is 1. The number of thioether (sulfide) groups is 1. The highest BCUT2D eigenvalue weighted by atomic mass is 32.2. The summed E-state index contributed by atoms with van der Waals surface area (Å²) < 4.78 is 2.45. The quantitative estimate of drug-likeness (QED) is 0.655. The average Bonchev–Trinajstić information content (AvgIpc) is 2.91. The Morgan fingerprint density at radius 2 is 2.05 bits per heavy atom. The monoisotopic (exact) mass is 330 g/mol.